The van der Waals surface area contributed by atoms with Gasteiger partial charge in [0.1, 0.15) is 6.04 Å². The summed E-state index contributed by atoms with van der Waals surface area (Å²) in [4.78, 5) is 27.2. The molecule has 1 N–H and O–H groups in total. The molecule has 2 amide bonds. The van der Waals surface area contributed by atoms with Gasteiger partial charge in [0.2, 0.25) is 11.8 Å². The lowest BCUT2D eigenvalue weighted by molar-refractivity contribution is -0.138. The second-order valence-corrected chi connectivity index (χ2v) is 9.93. The molecule has 0 fully saturated rings. The molecule has 4 nitrogen and oxygen atoms in total. The molecular formula is C22H24Cl4N2O2S. The summed E-state index contributed by atoms with van der Waals surface area (Å²) < 4.78 is 0. The third kappa shape index (κ3) is 7.76. The highest BCUT2D eigenvalue weighted by molar-refractivity contribution is 7.99. The lowest BCUT2D eigenvalue weighted by Crippen LogP contribution is -2.49. The van der Waals surface area contributed by atoms with Crippen LogP contribution in [0.3, 0.4) is 0 Å². The largest absolute Gasteiger partial charge is 0.352 e. The van der Waals surface area contributed by atoms with Crippen molar-refractivity contribution in [1.29, 1.82) is 0 Å². The van der Waals surface area contributed by atoms with Gasteiger partial charge in [0.25, 0.3) is 0 Å². The summed E-state index contributed by atoms with van der Waals surface area (Å²) in [6, 6.07) is 9.69. The van der Waals surface area contributed by atoms with Gasteiger partial charge < -0.3 is 10.2 Å². The van der Waals surface area contributed by atoms with Gasteiger partial charge in [0, 0.05) is 44.0 Å². The average Bonchev–Trinajstić information content (AvgIpc) is 2.68. The molecule has 0 aromatic heterocycles. The predicted octanol–water partition coefficient (Wildman–Crippen LogP) is 6.48. The van der Waals surface area contributed by atoms with Crippen LogP contribution in [0.25, 0.3) is 0 Å². The second-order valence-electron chi connectivity index (χ2n) is 7.29. The molecule has 2 aromatic carbocycles. The van der Waals surface area contributed by atoms with Crippen LogP contribution in [0.4, 0.5) is 0 Å². The molecule has 0 saturated carbocycles. The van der Waals surface area contributed by atoms with Crippen LogP contribution in [0.1, 0.15) is 31.9 Å². The van der Waals surface area contributed by atoms with Gasteiger partial charge in [-0.1, -0.05) is 58.5 Å². The van der Waals surface area contributed by atoms with Crippen molar-refractivity contribution < 1.29 is 9.59 Å². The van der Waals surface area contributed by atoms with Crippen LogP contribution in [0, 0.1) is 0 Å². The average molecular weight is 522 g/mol. The summed E-state index contributed by atoms with van der Waals surface area (Å²) >= 11 is 26.2. The highest BCUT2D eigenvalue weighted by Crippen LogP contribution is 2.28. The molecule has 0 aliphatic rings. The highest BCUT2D eigenvalue weighted by Gasteiger charge is 2.27. The molecule has 0 heterocycles. The number of benzene rings is 2. The van der Waals surface area contributed by atoms with Gasteiger partial charge in [0.15, 0.2) is 0 Å². The molecule has 0 aliphatic heterocycles. The third-order valence-electron chi connectivity index (χ3n) is 4.49. The van der Waals surface area contributed by atoms with Crippen molar-refractivity contribution >= 4 is 70.0 Å². The molecule has 0 radical (unpaired) electrons. The first-order valence-electron chi connectivity index (χ1n) is 9.64. The lowest BCUT2D eigenvalue weighted by atomic mass is 10.1. The van der Waals surface area contributed by atoms with Crippen LogP contribution >= 0.6 is 58.2 Å². The number of hydrogen-bond donors (Lipinski definition) is 1. The Hall–Kier alpha value is -1.11. The van der Waals surface area contributed by atoms with E-state index in [0.29, 0.717) is 31.4 Å². The first kappa shape index (κ1) is 26.1. The van der Waals surface area contributed by atoms with Gasteiger partial charge in [-0.2, -0.15) is 0 Å². The van der Waals surface area contributed by atoms with E-state index in [1.807, 2.05) is 19.9 Å². The van der Waals surface area contributed by atoms with Crippen molar-refractivity contribution in [3.05, 3.63) is 67.6 Å². The molecule has 31 heavy (non-hydrogen) atoms. The molecule has 0 bridgehead atoms. The molecule has 2 rings (SSSR count). The maximum absolute atomic E-state index is 13.1. The van der Waals surface area contributed by atoms with Crippen LogP contribution in [0.2, 0.25) is 20.1 Å². The van der Waals surface area contributed by atoms with E-state index < -0.39 is 6.04 Å². The SMILES string of the molecule is CC(C)NC(=O)C(C)N(Cc1c(Cl)cccc1Cl)C(=O)CSCc1ccc(Cl)cc1Cl. The zero-order valence-electron chi connectivity index (χ0n) is 17.4. The summed E-state index contributed by atoms with van der Waals surface area (Å²) in [5.74, 6) is 0.268. The van der Waals surface area contributed by atoms with Gasteiger partial charge in [-0.25, -0.2) is 0 Å². The monoisotopic (exact) mass is 520 g/mol. The fourth-order valence-electron chi connectivity index (χ4n) is 2.81. The maximum atomic E-state index is 13.1. The Morgan fingerprint density at radius 3 is 2.23 bits per heavy atom. The van der Waals surface area contributed by atoms with Gasteiger partial charge in [0.05, 0.1) is 5.75 Å². The maximum Gasteiger partial charge on any atom is 0.242 e. The number of rotatable bonds is 9. The van der Waals surface area contributed by atoms with Crippen molar-refractivity contribution in [2.24, 2.45) is 0 Å². The van der Waals surface area contributed by atoms with Gasteiger partial charge in [-0.15, -0.1) is 11.8 Å². The van der Waals surface area contributed by atoms with Crippen molar-refractivity contribution in [1.82, 2.24) is 10.2 Å². The minimum absolute atomic E-state index is 0.0442. The van der Waals surface area contributed by atoms with Gasteiger partial charge >= 0.3 is 0 Å². The standard InChI is InChI=1S/C22H24Cl4N2O2S/c1-13(2)27-22(30)14(3)28(10-17-18(24)5-4-6-19(17)25)21(29)12-31-11-15-7-8-16(23)9-20(15)26/h4-9,13-14H,10-12H2,1-3H3,(H,27,30). The van der Waals surface area contributed by atoms with E-state index in [2.05, 4.69) is 5.32 Å². The molecule has 0 aliphatic carbocycles. The number of halogens is 4. The number of amides is 2. The van der Waals surface area contributed by atoms with E-state index in [0.717, 1.165) is 5.56 Å². The normalized spacial score (nSPS) is 12.0. The quantitative estimate of drug-likeness (QED) is 0.411. The zero-order chi connectivity index (χ0) is 23.1. The first-order chi connectivity index (χ1) is 14.6. The van der Waals surface area contributed by atoms with Crippen molar-refractivity contribution in [2.75, 3.05) is 5.75 Å². The molecule has 2 aromatic rings. The summed E-state index contributed by atoms with van der Waals surface area (Å²) in [6.45, 7) is 5.56. The van der Waals surface area contributed by atoms with Gasteiger partial charge in [-0.3, -0.25) is 9.59 Å². The minimum Gasteiger partial charge on any atom is -0.352 e. The zero-order valence-corrected chi connectivity index (χ0v) is 21.3. The van der Waals surface area contributed by atoms with E-state index in [1.54, 1.807) is 37.3 Å². The van der Waals surface area contributed by atoms with Crippen LogP contribution < -0.4 is 5.32 Å². The summed E-state index contributed by atoms with van der Waals surface area (Å²) in [5.41, 5.74) is 1.49. The summed E-state index contributed by atoms with van der Waals surface area (Å²) in [5, 5.41) is 4.86. The van der Waals surface area contributed by atoms with E-state index in [4.69, 9.17) is 46.4 Å². The van der Waals surface area contributed by atoms with E-state index in [1.165, 1.54) is 16.7 Å². The number of carbonyl (C=O) groups excluding carboxylic acids is 2. The first-order valence-corrected chi connectivity index (χ1v) is 12.3. The Bertz CT molecular complexity index is 919. The van der Waals surface area contributed by atoms with Crippen molar-refractivity contribution in [3.63, 3.8) is 0 Å². The van der Waals surface area contributed by atoms with E-state index >= 15 is 0 Å². The van der Waals surface area contributed by atoms with Crippen LogP contribution in [-0.2, 0) is 21.9 Å². The Morgan fingerprint density at radius 2 is 1.65 bits per heavy atom. The van der Waals surface area contributed by atoms with E-state index in [-0.39, 0.29) is 30.2 Å². The fourth-order valence-corrected chi connectivity index (χ4v) is 4.80. The van der Waals surface area contributed by atoms with Gasteiger partial charge in [-0.05, 0) is 50.6 Å². The van der Waals surface area contributed by atoms with Crippen molar-refractivity contribution in [2.45, 2.75) is 45.2 Å². The molecule has 168 valence electrons. The van der Waals surface area contributed by atoms with Crippen LogP contribution in [-0.4, -0.2) is 34.6 Å². The highest BCUT2D eigenvalue weighted by atomic mass is 35.5. The topological polar surface area (TPSA) is 49.4 Å². The number of hydrogen-bond acceptors (Lipinski definition) is 3. The summed E-state index contributed by atoms with van der Waals surface area (Å²) in [6.07, 6.45) is 0. The number of thioether (sulfide) groups is 1. The molecule has 1 unspecified atom stereocenters. The smallest absolute Gasteiger partial charge is 0.242 e. The lowest BCUT2D eigenvalue weighted by Gasteiger charge is -2.30. The molecule has 1 atom stereocenters. The summed E-state index contributed by atoms with van der Waals surface area (Å²) in [7, 11) is 0. The Labute approximate surface area is 207 Å². The Kier molecular flexibility index (Phi) is 10.3. The molecular weight excluding hydrogens is 498 g/mol. The number of carbonyl (C=O) groups is 2. The Morgan fingerprint density at radius 1 is 1.00 bits per heavy atom. The van der Waals surface area contributed by atoms with Crippen LogP contribution in [0.5, 0.6) is 0 Å². The second kappa shape index (κ2) is 12.2. The number of nitrogens with one attached hydrogen (secondary N) is 1. The molecule has 9 heteroatoms. The molecule has 0 spiro atoms. The number of nitrogens with zero attached hydrogens (tertiary/aromatic N) is 1. The third-order valence-corrected chi connectivity index (χ3v) is 6.75. The van der Waals surface area contributed by atoms with Crippen LogP contribution in [0.15, 0.2) is 36.4 Å². The molecule has 0 saturated heterocycles. The minimum atomic E-state index is -0.693. The fraction of sp³-hybridized carbons (Fsp3) is 0.364. The predicted molar refractivity (Wildman–Crippen MR) is 132 cm³/mol. The van der Waals surface area contributed by atoms with Crippen molar-refractivity contribution in [3.8, 4) is 0 Å². The van der Waals surface area contributed by atoms with E-state index in [9.17, 15) is 9.59 Å². The Balaban J connectivity index is 2.16.